The molecule has 4 nitrogen and oxygen atoms in total. The lowest BCUT2D eigenvalue weighted by atomic mass is 9.77. The summed E-state index contributed by atoms with van der Waals surface area (Å²) in [6.45, 7) is 12.1. The van der Waals surface area contributed by atoms with Gasteiger partial charge in [0.05, 0.1) is 5.57 Å². The average Bonchev–Trinajstić information content (AvgIpc) is 2.81. The first-order valence-corrected chi connectivity index (χ1v) is 9.86. The SMILES string of the molecule is CC(C)(C)c1cc(C=C2C(=O)C3=C(C=CCC=C3)C2=O)cc(C(C)(C)C)c1N=O. The Morgan fingerprint density at radius 2 is 1.28 bits per heavy atom. The first-order valence-electron chi connectivity index (χ1n) is 9.86. The zero-order valence-electron chi connectivity index (χ0n) is 17.9. The molecular weight excluding hydrogens is 362 g/mol. The number of ketones is 2. The average molecular weight is 389 g/mol. The number of carbonyl (C=O) groups is 2. The van der Waals surface area contributed by atoms with Crippen molar-refractivity contribution < 1.29 is 9.59 Å². The van der Waals surface area contributed by atoms with Crippen LogP contribution in [0.3, 0.4) is 0 Å². The first kappa shape index (κ1) is 20.8. The first-order chi connectivity index (χ1) is 13.4. The number of rotatable bonds is 2. The second kappa shape index (κ2) is 7.18. The summed E-state index contributed by atoms with van der Waals surface area (Å²) >= 11 is 0. The molecule has 0 aromatic heterocycles. The maximum Gasteiger partial charge on any atom is 0.197 e. The van der Waals surface area contributed by atoms with Crippen LogP contribution in [0.15, 0.2) is 58.3 Å². The summed E-state index contributed by atoms with van der Waals surface area (Å²) in [7, 11) is 0. The molecule has 0 saturated heterocycles. The highest BCUT2D eigenvalue weighted by Crippen LogP contribution is 2.41. The highest BCUT2D eigenvalue weighted by Gasteiger charge is 2.34. The summed E-state index contributed by atoms with van der Waals surface area (Å²) < 4.78 is 0. The van der Waals surface area contributed by atoms with Crippen molar-refractivity contribution in [1.29, 1.82) is 0 Å². The predicted octanol–water partition coefficient (Wildman–Crippen LogP) is 6.03. The third kappa shape index (κ3) is 3.84. The van der Waals surface area contributed by atoms with Crippen LogP contribution in [0.2, 0.25) is 0 Å². The molecule has 0 N–H and O–H groups in total. The van der Waals surface area contributed by atoms with Gasteiger partial charge in [0, 0.05) is 11.1 Å². The monoisotopic (exact) mass is 389 g/mol. The third-order valence-electron chi connectivity index (χ3n) is 5.26. The standard InChI is InChI=1S/C25H27NO3/c1-24(2,3)19-13-15(14-20(21(19)26-29)25(4,5)6)12-18-22(27)16-10-8-7-9-11-17(16)23(18)28/h8-14H,7H2,1-6H3. The van der Waals surface area contributed by atoms with E-state index < -0.39 is 0 Å². The Morgan fingerprint density at radius 1 is 0.828 bits per heavy atom. The molecule has 0 atom stereocenters. The summed E-state index contributed by atoms with van der Waals surface area (Å²) in [5, 5.41) is 3.34. The van der Waals surface area contributed by atoms with Gasteiger partial charge in [0.25, 0.3) is 0 Å². The molecule has 0 fully saturated rings. The zero-order chi connectivity index (χ0) is 21.6. The highest BCUT2D eigenvalue weighted by atomic mass is 16.3. The summed E-state index contributed by atoms with van der Waals surface area (Å²) in [6, 6.07) is 3.74. The van der Waals surface area contributed by atoms with E-state index in [4.69, 9.17) is 0 Å². The van der Waals surface area contributed by atoms with E-state index in [-0.39, 0.29) is 28.0 Å². The van der Waals surface area contributed by atoms with Gasteiger partial charge in [-0.3, -0.25) is 9.59 Å². The largest absolute Gasteiger partial charge is 0.288 e. The van der Waals surface area contributed by atoms with Crippen molar-refractivity contribution in [1.82, 2.24) is 0 Å². The fourth-order valence-corrected chi connectivity index (χ4v) is 3.70. The number of nitroso groups, excluding NO2 is 1. The maximum atomic E-state index is 12.9. The van der Waals surface area contributed by atoms with Gasteiger partial charge in [-0.1, -0.05) is 65.8 Å². The van der Waals surface area contributed by atoms with Crippen molar-refractivity contribution in [3.8, 4) is 0 Å². The second-order valence-electron chi connectivity index (χ2n) is 9.64. The molecule has 0 heterocycles. The van der Waals surface area contributed by atoms with Crippen LogP contribution in [-0.2, 0) is 20.4 Å². The van der Waals surface area contributed by atoms with Crippen LogP contribution in [0.1, 0.15) is 64.7 Å². The molecule has 3 rings (SSSR count). The molecule has 2 aliphatic carbocycles. The number of Topliss-reactive ketones (excluding diaryl/α,β-unsaturated/α-hetero) is 2. The lowest BCUT2D eigenvalue weighted by Crippen LogP contribution is -2.17. The minimum atomic E-state index is -0.317. The van der Waals surface area contributed by atoms with Crippen LogP contribution in [0.4, 0.5) is 5.69 Å². The van der Waals surface area contributed by atoms with Crippen molar-refractivity contribution in [2.45, 2.75) is 58.8 Å². The number of hydrogen-bond acceptors (Lipinski definition) is 4. The Morgan fingerprint density at radius 3 is 1.66 bits per heavy atom. The van der Waals surface area contributed by atoms with Gasteiger partial charge in [-0.05, 0) is 57.3 Å². The Bertz CT molecular complexity index is 964. The molecule has 0 spiro atoms. The minimum Gasteiger partial charge on any atom is -0.288 e. The fraction of sp³-hybridized carbons (Fsp3) is 0.360. The summed E-state index contributed by atoms with van der Waals surface area (Å²) in [5.41, 5.74) is 3.22. The number of benzene rings is 1. The molecule has 1 aromatic carbocycles. The van der Waals surface area contributed by atoms with E-state index >= 15 is 0 Å². The van der Waals surface area contributed by atoms with Gasteiger partial charge in [0.15, 0.2) is 11.6 Å². The molecule has 0 saturated carbocycles. The van der Waals surface area contributed by atoms with Crippen molar-refractivity contribution in [3.05, 3.63) is 74.8 Å². The minimum absolute atomic E-state index is 0.165. The third-order valence-corrected chi connectivity index (χ3v) is 5.26. The van der Waals surface area contributed by atoms with Crippen molar-refractivity contribution in [2.75, 3.05) is 0 Å². The normalized spacial score (nSPS) is 17.0. The van der Waals surface area contributed by atoms with Gasteiger partial charge >= 0.3 is 0 Å². The molecule has 2 aliphatic rings. The van der Waals surface area contributed by atoms with Gasteiger partial charge in [-0.2, -0.15) is 0 Å². The van der Waals surface area contributed by atoms with E-state index in [0.717, 1.165) is 16.7 Å². The van der Waals surface area contributed by atoms with E-state index in [9.17, 15) is 14.5 Å². The number of nitrogens with zero attached hydrogens (tertiary/aromatic N) is 1. The lowest BCUT2D eigenvalue weighted by Gasteiger charge is -2.27. The number of carbonyl (C=O) groups excluding carboxylic acids is 2. The van der Waals surface area contributed by atoms with E-state index in [1.165, 1.54) is 0 Å². The fourth-order valence-electron chi connectivity index (χ4n) is 3.70. The Kier molecular flexibility index (Phi) is 5.16. The van der Waals surface area contributed by atoms with E-state index in [0.29, 0.717) is 23.3 Å². The van der Waals surface area contributed by atoms with Crippen LogP contribution >= 0.6 is 0 Å². The van der Waals surface area contributed by atoms with Crippen LogP contribution in [-0.4, -0.2) is 11.6 Å². The molecule has 150 valence electrons. The van der Waals surface area contributed by atoms with Gasteiger partial charge < -0.3 is 0 Å². The molecule has 1 aromatic rings. The molecule has 0 amide bonds. The number of hydrogen-bond donors (Lipinski definition) is 0. The zero-order valence-corrected chi connectivity index (χ0v) is 17.9. The molecular formula is C25H27NO3. The van der Waals surface area contributed by atoms with Crippen LogP contribution in [0.5, 0.6) is 0 Å². The van der Waals surface area contributed by atoms with E-state index in [2.05, 4.69) is 5.18 Å². The molecule has 4 heteroatoms. The summed E-state index contributed by atoms with van der Waals surface area (Å²) in [4.78, 5) is 37.5. The molecule has 0 radical (unpaired) electrons. The summed E-state index contributed by atoms with van der Waals surface area (Å²) in [6.07, 6.45) is 9.59. The van der Waals surface area contributed by atoms with Crippen LogP contribution in [0, 0.1) is 4.91 Å². The van der Waals surface area contributed by atoms with Crippen molar-refractivity contribution in [2.24, 2.45) is 5.18 Å². The predicted molar refractivity (Wildman–Crippen MR) is 117 cm³/mol. The molecule has 0 bridgehead atoms. The lowest BCUT2D eigenvalue weighted by molar-refractivity contribution is -0.115. The molecule has 0 unspecified atom stereocenters. The Balaban J connectivity index is 2.20. The van der Waals surface area contributed by atoms with Gasteiger partial charge in [-0.25, -0.2) is 0 Å². The van der Waals surface area contributed by atoms with E-state index in [1.54, 1.807) is 18.2 Å². The maximum absolute atomic E-state index is 12.9. The van der Waals surface area contributed by atoms with Gasteiger partial charge in [0.2, 0.25) is 0 Å². The van der Waals surface area contributed by atoms with Gasteiger partial charge in [0.1, 0.15) is 5.69 Å². The van der Waals surface area contributed by atoms with Crippen LogP contribution in [0.25, 0.3) is 6.08 Å². The highest BCUT2D eigenvalue weighted by molar-refractivity contribution is 6.41. The smallest absolute Gasteiger partial charge is 0.197 e. The quantitative estimate of drug-likeness (QED) is 0.352. The van der Waals surface area contributed by atoms with E-state index in [1.807, 2.05) is 65.8 Å². The molecule has 29 heavy (non-hydrogen) atoms. The molecule has 0 aliphatic heterocycles. The van der Waals surface area contributed by atoms with Crippen molar-refractivity contribution in [3.63, 3.8) is 0 Å². The second-order valence-corrected chi connectivity index (χ2v) is 9.64. The van der Waals surface area contributed by atoms with Gasteiger partial charge in [-0.15, -0.1) is 4.91 Å². The summed E-state index contributed by atoms with van der Waals surface area (Å²) in [5.74, 6) is -0.500. The Labute approximate surface area is 172 Å². The topological polar surface area (TPSA) is 63.6 Å². The number of allylic oxidation sites excluding steroid dienone is 7. The van der Waals surface area contributed by atoms with Crippen LogP contribution < -0.4 is 0 Å². The Hall–Kier alpha value is -2.88. The van der Waals surface area contributed by atoms with Crippen molar-refractivity contribution >= 4 is 23.3 Å².